The molecule has 0 aliphatic rings. The molecule has 1 heterocycles. The molecule has 1 aromatic heterocycles. The number of sulfonamides is 1. The maximum atomic E-state index is 12.1. The Kier molecular flexibility index (Phi) is 5.60. The van der Waals surface area contributed by atoms with E-state index < -0.39 is 33.2 Å². The van der Waals surface area contributed by atoms with Gasteiger partial charge in [0.25, 0.3) is 5.56 Å². The van der Waals surface area contributed by atoms with Crippen LogP contribution < -0.4 is 21.7 Å². The standard InChI is InChI=1S/C14H15BrN4O5S/c1-8(9-2-4-10(5-3-9)25(16,23)24)17-12(20)7-19-6-11(15)13(21)18-14(19)22/h2-6,8H,7H2,1H3,(H,17,20)(H2,16,23,24)(H,18,21,22). The Labute approximate surface area is 151 Å². The summed E-state index contributed by atoms with van der Waals surface area (Å²) in [4.78, 5) is 37.0. The molecule has 1 atom stereocenters. The predicted octanol–water partition coefficient (Wildman–Crippen LogP) is -0.176. The van der Waals surface area contributed by atoms with Crippen molar-refractivity contribution < 1.29 is 13.2 Å². The van der Waals surface area contributed by atoms with Crippen molar-refractivity contribution in [3.63, 3.8) is 0 Å². The summed E-state index contributed by atoms with van der Waals surface area (Å²) in [5.74, 6) is -0.455. The zero-order chi connectivity index (χ0) is 18.8. The number of rotatable bonds is 5. The van der Waals surface area contributed by atoms with Crippen molar-refractivity contribution in [3.8, 4) is 0 Å². The lowest BCUT2D eigenvalue weighted by Gasteiger charge is -2.15. The van der Waals surface area contributed by atoms with Crippen molar-refractivity contribution in [2.45, 2.75) is 24.4 Å². The summed E-state index contributed by atoms with van der Waals surface area (Å²) in [5, 5.41) is 7.71. The van der Waals surface area contributed by atoms with Gasteiger partial charge in [0.05, 0.1) is 15.4 Å². The van der Waals surface area contributed by atoms with E-state index in [1.54, 1.807) is 6.92 Å². The normalized spacial score (nSPS) is 12.6. The minimum Gasteiger partial charge on any atom is -0.348 e. The number of hydrogen-bond donors (Lipinski definition) is 3. The van der Waals surface area contributed by atoms with Crippen LogP contribution in [0.3, 0.4) is 0 Å². The Bertz CT molecular complexity index is 1010. The molecule has 0 aliphatic carbocycles. The number of nitrogens with zero attached hydrogens (tertiary/aromatic N) is 1. The van der Waals surface area contributed by atoms with Crippen LogP contribution in [0.1, 0.15) is 18.5 Å². The van der Waals surface area contributed by atoms with Gasteiger partial charge in [-0.15, -0.1) is 0 Å². The maximum absolute atomic E-state index is 12.1. The lowest BCUT2D eigenvalue weighted by Crippen LogP contribution is -2.36. The third-order valence-electron chi connectivity index (χ3n) is 3.37. The molecule has 0 bridgehead atoms. The van der Waals surface area contributed by atoms with E-state index in [0.29, 0.717) is 5.56 Å². The van der Waals surface area contributed by atoms with Crippen molar-refractivity contribution in [3.05, 3.63) is 61.3 Å². The van der Waals surface area contributed by atoms with Crippen LogP contribution >= 0.6 is 15.9 Å². The fraction of sp³-hybridized carbons (Fsp3) is 0.214. The molecule has 2 rings (SSSR count). The number of carbonyl (C=O) groups is 1. The molecule has 0 aliphatic heterocycles. The number of aromatic amines is 1. The molecule has 0 fully saturated rings. The van der Waals surface area contributed by atoms with E-state index in [1.807, 2.05) is 0 Å². The van der Waals surface area contributed by atoms with Gasteiger partial charge in [0.2, 0.25) is 15.9 Å². The van der Waals surface area contributed by atoms with Crippen molar-refractivity contribution in [2.75, 3.05) is 0 Å². The molecule has 0 radical (unpaired) electrons. The quantitative estimate of drug-likeness (QED) is 0.602. The van der Waals surface area contributed by atoms with Gasteiger partial charge in [0.15, 0.2) is 0 Å². The molecule has 2 aromatic rings. The Morgan fingerprint density at radius 1 is 1.32 bits per heavy atom. The molecule has 134 valence electrons. The first-order valence-corrected chi connectivity index (χ1v) is 9.33. The fourth-order valence-corrected chi connectivity index (χ4v) is 2.93. The number of aromatic nitrogens is 2. The summed E-state index contributed by atoms with van der Waals surface area (Å²) in [6, 6.07) is 5.33. The SMILES string of the molecule is CC(NC(=O)Cn1cc(Br)c(=O)[nH]c1=O)c1ccc(S(N)(=O)=O)cc1. The molecule has 4 N–H and O–H groups in total. The average molecular weight is 431 g/mol. The van der Waals surface area contributed by atoms with Crippen molar-refractivity contribution in [2.24, 2.45) is 5.14 Å². The summed E-state index contributed by atoms with van der Waals surface area (Å²) in [6.07, 6.45) is 1.23. The lowest BCUT2D eigenvalue weighted by atomic mass is 10.1. The summed E-state index contributed by atoms with van der Waals surface area (Å²) < 4.78 is 23.6. The molecule has 0 saturated heterocycles. The fourth-order valence-electron chi connectivity index (χ4n) is 2.07. The second-order valence-electron chi connectivity index (χ2n) is 5.27. The van der Waals surface area contributed by atoms with Crippen molar-refractivity contribution in [1.82, 2.24) is 14.9 Å². The van der Waals surface area contributed by atoms with Gasteiger partial charge in [-0.2, -0.15) is 0 Å². The van der Waals surface area contributed by atoms with Crippen molar-refractivity contribution >= 4 is 31.9 Å². The molecule has 1 amide bonds. The maximum Gasteiger partial charge on any atom is 0.328 e. The molecule has 9 nitrogen and oxygen atoms in total. The molecule has 11 heteroatoms. The van der Waals surface area contributed by atoms with Crippen LogP contribution in [0.2, 0.25) is 0 Å². The highest BCUT2D eigenvalue weighted by Gasteiger charge is 2.13. The molecule has 25 heavy (non-hydrogen) atoms. The molecule has 0 saturated carbocycles. The topological polar surface area (TPSA) is 144 Å². The molecular weight excluding hydrogens is 416 g/mol. The number of benzene rings is 1. The monoisotopic (exact) mass is 430 g/mol. The van der Waals surface area contributed by atoms with Gasteiger partial charge in [0.1, 0.15) is 6.54 Å². The number of nitrogens with one attached hydrogen (secondary N) is 2. The summed E-state index contributed by atoms with van der Waals surface area (Å²) in [7, 11) is -3.78. The highest BCUT2D eigenvalue weighted by Crippen LogP contribution is 2.15. The van der Waals surface area contributed by atoms with E-state index in [1.165, 1.54) is 30.5 Å². The van der Waals surface area contributed by atoms with Crippen molar-refractivity contribution in [1.29, 1.82) is 0 Å². The lowest BCUT2D eigenvalue weighted by molar-refractivity contribution is -0.122. The van der Waals surface area contributed by atoms with Crippen LogP contribution in [0.25, 0.3) is 0 Å². The highest BCUT2D eigenvalue weighted by molar-refractivity contribution is 9.10. The zero-order valence-corrected chi connectivity index (χ0v) is 15.4. The van der Waals surface area contributed by atoms with Gasteiger partial charge in [0, 0.05) is 6.20 Å². The zero-order valence-electron chi connectivity index (χ0n) is 13.0. The van der Waals surface area contributed by atoms with E-state index in [2.05, 4.69) is 26.2 Å². The smallest absolute Gasteiger partial charge is 0.328 e. The summed E-state index contributed by atoms with van der Waals surface area (Å²) >= 11 is 2.99. The minimum absolute atomic E-state index is 0.0283. The Hall–Kier alpha value is -2.24. The Morgan fingerprint density at radius 3 is 2.48 bits per heavy atom. The molecule has 1 unspecified atom stereocenters. The Balaban J connectivity index is 2.09. The van der Waals surface area contributed by atoms with E-state index in [9.17, 15) is 22.8 Å². The number of halogens is 1. The van der Waals surface area contributed by atoms with Crippen LogP contribution in [-0.4, -0.2) is 23.9 Å². The van der Waals surface area contributed by atoms with E-state index >= 15 is 0 Å². The second-order valence-corrected chi connectivity index (χ2v) is 7.68. The van der Waals surface area contributed by atoms with Gasteiger partial charge in [-0.3, -0.25) is 19.1 Å². The minimum atomic E-state index is -3.78. The summed E-state index contributed by atoms with van der Waals surface area (Å²) in [6.45, 7) is 1.42. The highest BCUT2D eigenvalue weighted by atomic mass is 79.9. The first-order valence-electron chi connectivity index (χ1n) is 6.99. The van der Waals surface area contributed by atoms with Crippen LogP contribution in [-0.2, 0) is 21.4 Å². The third-order valence-corrected chi connectivity index (χ3v) is 4.86. The first-order chi connectivity index (χ1) is 11.6. The third kappa shape index (κ3) is 4.87. The van der Waals surface area contributed by atoms with Gasteiger partial charge in [-0.05, 0) is 40.5 Å². The van der Waals surface area contributed by atoms with Crippen LogP contribution in [0.4, 0.5) is 0 Å². The van der Waals surface area contributed by atoms with Crippen LogP contribution in [0.5, 0.6) is 0 Å². The largest absolute Gasteiger partial charge is 0.348 e. The number of hydrogen-bond acceptors (Lipinski definition) is 5. The molecule has 1 aromatic carbocycles. The number of amides is 1. The Morgan fingerprint density at radius 2 is 1.92 bits per heavy atom. The number of carbonyl (C=O) groups excluding carboxylic acids is 1. The number of H-pyrrole nitrogens is 1. The first kappa shape index (κ1) is 19.1. The van der Waals surface area contributed by atoms with Gasteiger partial charge in [-0.1, -0.05) is 12.1 Å². The average Bonchev–Trinajstić information content (AvgIpc) is 2.51. The summed E-state index contributed by atoms with van der Waals surface area (Å²) in [5.41, 5.74) is -0.616. The van der Waals surface area contributed by atoms with E-state index in [4.69, 9.17) is 5.14 Å². The number of nitrogens with two attached hydrogens (primary N) is 1. The molecular formula is C14H15BrN4O5S. The molecule has 0 spiro atoms. The number of primary sulfonamides is 1. The van der Waals surface area contributed by atoms with E-state index in [-0.39, 0.29) is 15.9 Å². The second kappa shape index (κ2) is 7.33. The van der Waals surface area contributed by atoms with Crippen LogP contribution in [0, 0.1) is 0 Å². The van der Waals surface area contributed by atoms with E-state index in [0.717, 1.165) is 4.57 Å². The predicted molar refractivity (Wildman–Crippen MR) is 93.4 cm³/mol. The van der Waals surface area contributed by atoms with Gasteiger partial charge in [-0.25, -0.2) is 18.4 Å². The van der Waals surface area contributed by atoms with Gasteiger partial charge < -0.3 is 5.32 Å². The van der Waals surface area contributed by atoms with Crippen LogP contribution in [0.15, 0.2) is 49.4 Å². The van der Waals surface area contributed by atoms with Gasteiger partial charge >= 0.3 is 5.69 Å².